The summed E-state index contributed by atoms with van der Waals surface area (Å²) in [5.74, 6) is 0.0835. The highest BCUT2D eigenvalue weighted by molar-refractivity contribution is 5.78. The minimum Gasteiger partial charge on any atom is -0.385 e. The maximum Gasteiger partial charge on any atom is 0.234 e. The molecule has 1 atom stereocenters. The molecule has 15 heavy (non-hydrogen) atoms. The van der Waals surface area contributed by atoms with Crippen molar-refractivity contribution in [1.82, 2.24) is 10.2 Å². The molecule has 0 spiro atoms. The van der Waals surface area contributed by atoms with Crippen molar-refractivity contribution in [3.63, 3.8) is 0 Å². The van der Waals surface area contributed by atoms with Gasteiger partial charge in [0.2, 0.25) is 5.91 Å². The topological polar surface area (TPSA) is 67.6 Å². The Bertz CT molecular complexity index is 199. The highest BCUT2D eigenvalue weighted by Crippen LogP contribution is 2.05. The van der Waals surface area contributed by atoms with Crippen LogP contribution in [0.1, 0.15) is 12.8 Å². The Morgan fingerprint density at radius 1 is 1.67 bits per heavy atom. The molecule has 5 nitrogen and oxygen atoms in total. The number of nitrogens with one attached hydrogen (secondary N) is 1. The molecule has 5 heteroatoms. The fraction of sp³-hybridized carbons (Fsp3) is 0.900. The average Bonchev–Trinajstić information content (AvgIpc) is 2.59. The van der Waals surface area contributed by atoms with E-state index in [0.29, 0.717) is 19.7 Å². The number of likely N-dealkylation sites (tertiary alicyclic amines) is 1. The fourth-order valence-corrected chi connectivity index (χ4v) is 1.71. The molecule has 1 rings (SSSR count). The number of nitrogens with two attached hydrogens (primary N) is 1. The number of ether oxygens (including phenoxy) is 1. The summed E-state index contributed by atoms with van der Waals surface area (Å²) in [6.07, 6.45) is 1.86. The smallest absolute Gasteiger partial charge is 0.234 e. The van der Waals surface area contributed by atoms with Gasteiger partial charge in [-0.05, 0) is 12.8 Å². The third kappa shape index (κ3) is 5.11. The van der Waals surface area contributed by atoms with E-state index in [0.717, 1.165) is 25.9 Å². The van der Waals surface area contributed by atoms with Gasteiger partial charge in [0, 0.05) is 39.4 Å². The van der Waals surface area contributed by atoms with Gasteiger partial charge in [-0.2, -0.15) is 0 Å². The molecule has 1 heterocycles. The molecular formula is C10H21N3O2. The summed E-state index contributed by atoms with van der Waals surface area (Å²) in [6.45, 7) is 3.63. The van der Waals surface area contributed by atoms with Crippen molar-refractivity contribution in [2.45, 2.75) is 18.9 Å². The number of nitrogens with zero attached hydrogens (tertiary/aromatic N) is 1. The zero-order valence-corrected chi connectivity index (χ0v) is 9.37. The second-order valence-electron chi connectivity index (χ2n) is 3.98. The van der Waals surface area contributed by atoms with Crippen LogP contribution in [0.5, 0.6) is 0 Å². The molecular weight excluding hydrogens is 194 g/mol. The van der Waals surface area contributed by atoms with Gasteiger partial charge in [-0.3, -0.25) is 9.69 Å². The highest BCUT2D eigenvalue weighted by Gasteiger charge is 2.20. The minimum atomic E-state index is 0.0835. The number of amides is 1. The van der Waals surface area contributed by atoms with Crippen molar-refractivity contribution in [3.05, 3.63) is 0 Å². The largest absolute Gasteiger partial charge is 0.385 e. The highest BCUT2D eigenvalue weighted by atomic mass is 16.5. The summed E-state index contributed by atoms with van der Waals surface area (Å²) in [5.41, 5.74) is 5.75. The molecule has 88 valence electrons. The first kappa shape index (κ1) is 12.4. The summed E-state index contributed by atoms with van der Waals surface area (Å²) in [7, 11) is 1.66. The Labute approximate surface area is 90.9 Å². The van der Waals surface area contributed by atoms with Crippen LogP contribution in [0.3, 0.4) is 0 Å². The Kier molecular flexibility index (Phi) is 5.60. The number of carbonyl (C=O) groups is 1. The van der Waals surface area contributed by atoms with E-state index < -0.39 is 0 Å². The number of methoxy groups -OCH3 is 1. The molecule has 0 aliphatic carbocycles. The lowest BCUT2D eigenvalue weighted by atomic mass is 10.3. The van der Waals surface area contributed by atoms with Gasteiger partial charge in [0.25, 0.3) is 0 Å². The van der Waals surface area contributed by atoms with Crippen LogP contribution in [0.15, 0.2) is 0 Å². The van der Waals surface area contributed by atoms with E-state index in [9.17, 15) is 4.79 Å². The van der Waals surface area contributed by atoms with Crippen molar-refractivity contribution < 1.29 is 9.53 Å². The summed E-state index contributed by atoms with van der Waals surface area (Å²) in [4.78, 5) is 13.5. The van der Waals surface area contributed by atoms with Gasteiger partial charge in [0.05, 0.1) is 6.54 Å². The van der Waals surface area contributed by atoms with Crippen LogP contribution in [-0.2, 0) is 9.53 Å². The number of hydrogen-bond donors (Lipinski definition) is 2. The van der Waals surface area contributed by atoms with E-state index in [1.54, 1.807) is 7.11 Å². The molecule has 3 N–H and O–H groups in total. The molecule has 0 saturated carbocycles. The average molecular weight is 215 g/mol. The zero-order chi connectivity index (χ0) is 11.1. The van der Waals surface area contributed by atoms with Crippen LogP contribution in [0.4, 0.5) is 0 Å². The van der Waals surface area contributed by atoms with Gasteiger partial charge in [0.1, 0.15) is 0 Å². The molecule has 0 aromatic rings. The molecule has 1 aliphatic rings. The van der Waals surface area contributed by atoms with Crippen molar-refractivity contribution in [2.75, 3.05) is 39.9 Å². The third-order valence-electron chi connectivity index (χ3n) is 2.52. The van der Waals surface area contributed by atoms with Crippen molar-refractivity contribution in [2.24, 2.45) is 5.73 Å². The first-order valence-electron chi connectivity index (χ1n) is 5.46. The van der Waals surface area contributed by atoms with Crippen LogP contribution in [0, 0.1) is 0 Å². The van der Waals surface area contributed by atoms with Gasteiger partial charge in [-0.25, -0.2) is 0 Å². The van der Waals surface area contributed by atoms with Crippen LogP contribution in [-0.4, -0.2) is 56.7 Å². The summed E-state index contributed by atoms with van der Waals surface area (Å²) in [5, 5.41) is 2.86. The van der Waals surface area contributed by atoms with Gasteiger partial charge < -0.3 is 15.8 Å². The SMILES string of the molecule is COCCCNC(=O)CN1CC[C@@H](N)C1. The number of hydrogen-bond acceptors (Lipinski definition) is 4. The molecule has 0 radical (unpaired) electrons. The molecule has 1 amide bonds. The minimum absolute atomic E-state index is 0.0835. The van der Waals surface area contributed by atoms with Gasteiger partial charge in [0.15, 0.2) is 0 Å². The van der Waals surface area contributed by atoms with E-state index in [1.165, 1.54) is 0 Å². The Morgan fingerprint density at radius 3 is 3.07 bits per heavy atom. The van der Waals surface area contributed by atoms with E-state index in [1.807, 2.05) is 0 Å². The zero-order valence-electron chi connectivity index (χ0n) is 9.37. The number of carbonyl (C=O) groups excluding carboxylic acids is 1. The number of rotatable bonds is 6. The predicted molar refractivity (Wildman–Crippen MR) is 58.5 cm³/mol. The lowest BCUT2D eigenvalue weighted by Gasteiger charge is -2.14. The lowest BCUT2D eigenvalue weighted by molar-refractivity contribution is -0.122. The van der Waals surface area contributed by atoms with Crippen molar-refractivity contribution in [3.8, 4) is 0 Å². The Morgan fingerprint density at radius 2 is 2.47 bits per heavy atom. The van der Waals surface area contributed by atoms with Crippen LogP contribution in [0.25, 0.3) is 0 Å². The van der Waals surface area contributed by atoms with Crippen molar-refractivity contribution >= 4 is 5.91 Å². The third-order valence-corrected chi connectivity index (χ3v) is 2.52. The summed E-state index contributed by atoms with van der Waals surface area (Å²) >= 11 is 0. The predicted octanol–water partition coefficient (Wildman–Crippen LogP) is -0.828. The van der Waals surface area contributed by atoms with Gasteiger partial charge >= 0.3 is 0 Å². The maximum atomic E-state index is 11.4. The standard InChI is InChI=1S/C10H21N3O2/c1-15-6-2-4-12-10(14)8-13-5-3-9(11)7-13/h9H,2-8,11H2,1H3,(H,12,14)/t9-/m1/s1. The van der Waals surface area contributed by atoms with Gasteiger partial charge in [-0.15, -0.1) is 0 Å². The van der Waals surface area contributed by atoms with Gasteiger partial charge in [-0.1, -0.05) is 0 Å². The van der Waals surface area contributed by atoms with E-state index >= 15 is 0 Å². The normalized spacial score (nSPS) is 21.9. The summed E-state index contributed by atoms with van der Waals surface area (Å²) < 4.78 is 4.89. The molecule has 1 fully saturated rings. The maximum absolute atomic E-state index is 11.4. The Balaban J connectivity index is 2.03. The molecule has 0 aromatic heterocycles. The van der Waals surface area contributed by atoms with E-state index in [-0.39, 0.29) is 11.9 Å². The summed E-state index contributed by atoms with van der Waals surface area (Å²) in [6, 6.07) is 0.242. The Hall–Kier alpha value is -0.650. The van der Waals surface area contributed by atoms with Crippen LogP contribution < -0.4 is 11.1 Å². The second kappa shape index (κ2) is 6.76. The molecule has 0 unspecified atom stereocenters. The van der Waals surface area contributed by atoms with E-state index in [2.05, 4.69) is 10.2 Å². The first-order chi connectivity index (χ1) is 7.22. The second-order valence-corrected chi connectivity index (χ2v) is 3.98. The first-order valence-corrected chi connectivity index (χ1v) is 5.46. The quantitative estimate of drug-likeness (QED) is 0.568. The van der Waals surface area contributed by atoms with Crippen LogP contribution in [0.2, 0.25) is 0 Å². The lowest BCUT2D eigenvalue weighted by Crippen LogP contribution is -2.37. The molecule has 0 bridgehead atoms. The van der Waals surface area contributed by atoms with Crippen LogP contribution >= 0.6 is 0 Å². The molecule has 1 aliphatic heterocycles. The molecule has 0 aromatic carbocycles. The molecule has 1 saturated heterocycles. The van der Waals surface area contributed by atoms with E-state index in [4.69, 9.17) is 10.5 Å². The fourth-order valence-electron chi connectivity index (χ4n) is 1.71. The monoisotopic (exact) mass is 215 g/mol. The van der Waals surface area contributed by atoms with Crippen molar-refractivity contribution in [1.29, 1.82) is 0 Å².